The molecule has 3 atom stereocenters. The second-order valence-electron chi connectivity index (χ2n) is 11.8. The van der Waals surface area contributed by atoms with Gasteiger partial charge in [0.15, 0.2) is 5.88 Å². The van der Waals surface area contributed by atoms with Crippen molar-refractivity contribution in [1.29, 1.82) is 0 Å². The fourth-order valence-electron chi connectivity index (χ4n) is 4.84. The van der Waals surface area contributed by atoms with E-state index in [0.29, 0.717) is 5.69 Å². The van der Waals surface area contributed by atoms with Gasteiger partial charge in [-0.3, -0.25) is 23.7 Å². The summed E-state index contributed by atoms with van der Waals surface area (Å²) < 4.78 is 6.54. The second-order valence-corrected chi connectivity index (χ2v) is 12.9. The number of para-hydroxylation sites is 1. The van der Waals surface area contributed by atoms with Crippen LogP contribution in [-0.2, 0) is 32.1 Å². The number of thioether (sulfide) groups is 1. The molecule has 0 aliphatic heterocycles. The standard InChI is InChI=1S/C36H42N8O8S/c37-26(15-16-40-36(51)52-25-13-11-22(12-14-25)17-27(38)34(49)42-24-9-5-2-6-10-24)33(48)41-19-30(45)43-28(32(39)47)21-53-29-18-31(46)44(35(29)50)20-23-7-3-1-4-8-23/h1-14,18,26-28,46,50H,15-17,19-21,37-38H2,(H2,39,47)(H,40,51)(H,41,48)(H,42,49)(H,43,45). The Morgan fingerprint density at radius 1 is 0.811 bits per heavy atom. The zero-order chi connectivity index (χ0) is 38.3. The van der Waals surface area contributed by atoms with E-state index in [4.69, 9.17) is 21.9 Å². The summed E-state index contributed by atoms with van der Waals surface area (Å²) in [5.41, 5.74) is 19.6. The van der Waals surface area contributed by atoms with Crippen molar-refractivity contribution in [2.75, 3.05) is 24.2 Å². The normalized spacial score (nSPS) is 12.5. The molecule has 0 saturated carbocycles. The summed E-state index contributed by atoms with van der Waals surface area (Å²) in [4.78, 5) is 61.9. The van der Waals surface area contributed by atoms with Crippen molar-refractivity contribution in [2.45, 2.75) is 42.4 Å². The molecule has 0 saturated heterocycles. The molecule has 4 rings (SSSR count). The molecule has 53 heavy (non-hydrogen) atoms. The van der Waals surface area contributed by atoms with Crippen molar-refractivity contribution in [3.8, 4) is 17.5 Å². The molecule has 5 amide bonds. The maximum atomic E-state index is 12.5. The molecule has 3 unspecified atom stereocenters. The number of nitrogens with one attached hydrogen (secondary N) is 4. The first-order valence-corrected chi connectivity index (χ1v) is 17.4. The molecule has 1 heterocycles. The SMILES string of the molecule is NC(=O)C(CSc1cc(O)n(Cc2ccccc2)c1O)NC(=O)CNC(=O)C(N)CCNC(=O)Oc1ccc(CC(N)C(=O)Nc2ccccc2)cc1. The summed E-state index contributed by atoms with van der Waals surface area (Å²) >= 11 is 0.999. The van der Waals surface area contributed by atoms with Crippen molar-refractivity contribution in [2.24, 2.45) is 17.2 Å². The fraction of sp³-hybridized carbons (Fsp3) is 0.250. The molecule has 12 N–H and O–H groups in total. The van der Waals surface area contributed by atoms with E-state index < -0.39 is 48.5 Å². The summed E-state index contributed by atoms with van der Waals surface area (Å²) in [5, 5.41) is 31.0. The lowest BCUT2D eigenvalue weighted by Gasteiger charge is -2.16. The zero-order valence-corrected chi connectivity index (χ0v) is 29.4. The zero-order valence-electron chi connectivity index (χ0n) is 28.6. The first kappa shape index (κ1) is 39.7. The van der Waals surface area contributed by atoms with Crippen LogP contribution in [0.25, 0.3) is 0 Å². The number of aromatic hydroxyl groups is 2. The van der Waals surface area contributed by atoms with Crippen LogP contribution in [0.4, 0.5) is 10.5 Å². The van der Waals surface area contributed by atoms with Gasteiger partial charge in [-0.05, 0) is 48.2 Å². The van der Waals surface area contributed by atoms with Crippen LogP contribution in [0.2, 0.25) is 0 Å². The average Bonchev–Trinajstić information content (AvgIpc) is 3.41. The summed E-state index contributed by atoms with van der Waals surface area (Å²) in [6, 6.07) is 22.9. The van der Waals surface area contributed by atoms with Crippen LogP contribution in [-0.4, -0.2) is 81.5 Å². The van der Waals surface area contributed by atoms with Crippen LogP contribution in [0.15, 0.2) is 95.9 Å². The van der Waals surface area contributed by atoms with E-state index in [0.717, 1.165) is 22.9 Å². The van der Waals surface area contributed by atoms with Crippen LogP contribution in [0, 0.1) is 0 Å². The summed E-state index contributed by atoms with van der Waals surface area (Å²) in [7, 11) is 0. The van der Waals surface area contributed by atoms with Gasteiger partial charge >= 0.3 is 6.09 Å². The molecular formula is C36H42N8O8S. The molecule has 0 aliphatic carbocycles. The first-order chi connectivity index (χ1) is 25.4. The largest absolute Gasteiger partial charge is 0.494 e. The number of nitrogens with two attached hydrogens (primary N) is 3. The number of amides is 5. The Labute approximate surface area is 309 Å². The first-order valence-electron chi connectivity index (χ1n) is 16.5. The highest BCUT2D eigenvalue weighted by Gasteiger charge is 2.23. The number of rotatable bonds is 18. The number of ether oxygens (including phenoxy) is 1. The Morgan fingerprint density at radius 2 is 1.47 bits per heavy atom. The monoisotopic (exact) mass is 746 g/mol. The fourth-order valence-corrected chi connectivity index (χ4v) is 5.86. The molecule has 1 aromatic heterocycles. The summed E-state index contributed by atoms with van der Waals surface area (Å²) in [6.45, 7) is -0.309. The topological polar surface area (TPSA) is 266 Å². The molecule has 280 valence electrons. The van der Waals surface area contributed by atoms with E-state index in [1.54, 1.807) is 48.5 Å². The highest BCUT2D eigenvalue weighted by molar-refractivity contribution is 7.99. The van der Waals surface area contributed by atoms with Crippen molar-refractivity contribution in [3.05, 3.63) is 102 Å². The molecule has 0 spiro atoms. The van der Waals surface area contributed by atoms with Gasteiger partial charge in [0.1, 0.15) is 11.8 Å². The number of hydrogen-bond acceptors (Lipinski definition) is 11. The maximum absolute atomic E-state index is 12.5. The molecular weight excluding hydrogens is 705 g/mol. The van der Waals surface area contributed by atoms with Gasteiger partial charge < -0.3 is 53.4 Å². The minimum absolute atomic E-state index is 0.0144. The number of nitrogens with zero attached hydrogens (tertiary/aromatic N) is 1. The van der Waals surface area contributed by atoms with Crippen molar-refractivity contribution in [1.82, 2.24) is 20.5 Å². The third-order valence-corrected chi connectivity index (χ3v) is 8.84. The van der Waals surface area contributed by atoms with Gasteiger partial charge in [0.25, 0.3) is 0 Å². The van der Waals surface area contributed by atoms with Crippen LogP contribution >= 0.6 is 11.8 Å². The Balaban J connectivity index is 1.13. The molecule has 17 heteroatoms. The van der Waals surface area contributed by atoms with E-state index >= 15 is 0 Å². The highest BCUT2D eigenvalue weighted by atomic mass is 32.2. The molecule has 16 nitrogen and oxygen atoms in total. The van der Waals surface area contributed by atoms with Gasteiger partial charge in [0, 0.05) is 24.1 Å². The summed E-state index contributed by atoms with van der Waals surface area (Å²) in [6.07, 6.45) is -0.499. The van der Waals surface area contributed by atoms with Gasteiger partial charge in [0.05, 0.1) is 30.1 Å². The predicted octanol–water partition coefficient (Wildman–Crippen LogP) is 1.14. The van der Waals surface area contributed by atoms with Crippen LogP contribution in [0.5, 0.6) is 17.5 Å². The maximum Gasteiger partial charge on any atom is 0.412 e. The lowest BCUT2D eigenvalue weighted by Crippen LogP contribution is -2.51. The molecule has 0 fully saturated rings. The Morgan fingerprint density at radius 3 is 2.13 bits per heavy atom. The van der Waals surface area contributed by atoms with Crippen molar-refractivity contribution < 1.29 is 38.9 Å². The Kier molecular flexibility index (Phi) is 14.6. The second kappa shape index (κ2) is 19.5. The highest BCUT2D eigenvalue weighted by Crippen LogP contribution is 2.36. The van der Waals surface area contributed by atoms with E-state index in [9.17, 15) is 34.2 Å². The van der Waals surface area contributed by atoms with Gasteiger partial charge in [-0.1, -0.05) is 60.7 Å². The minimum atomic E-state index is -1.16. The van der Waals surface area contributed by atoms with Crippen LogP contribution in [0.1, 0.15) is 17.5 Å². The lowest BCUT2D eigenvalue weighted by molar-refractivity contribution is -0.128. The quantitative estimate of drug-likeness (QED) is 0.0652. The number of carbonyl (C=O) groups excluding carboxylic acids is 5. The van der Waals surface area contributed by atoms with Crippen molar-refractivity contribution >= 4 is 47.2 Å². The van der Waals surface area contributed by atoms with Crippen molar-refractivity contribution in [3.63, 3.8) is 0 Å². The predicted molar refractivity (Wildman–Crippen MR) is 198 cm³/mol. The number of primary amides is 1. The molecule has 0 aliphatic rings. The molecule has 4 aromatic rings. The van der Waals surface area contributed by atoms with Crippen LogP contribution in [0.3, 0.4) is 0 Å². The molecule has 0 bridgehead atoms. The number of hydrogen-bond donors (Lipinski definition) is 9. The average molecular weight is 747 g/mol. The number of carbonyl (C=O) groups is 5. The van der Waals surface area contributed by atoms with E-state index in [1.807, 2.05) is 36.4 Å². The van der Waals surface area contributed by atoms with Crippen LogP contribution < -0.4 is 43.2 Å². The third-order valence-electron chi connectivity index (χ3n) is 7.73. The Hall–Kier alpha value is -6.04. The van der Waals surface area contributed by atoms with Gasteiger partial charge in [-0.15, -0.1) is 11.8 Å². The molecule has 3 aromatic carbocycles. The lowest BCUT2D eigenvalue weighted by atomic mass is 10.1. The number of benzene rings is 3. The van der Waals surface area contributed by atoms with E-state index in [-0.39, 0.29) is 60.0 Å². The molecule has 0 radical (unpaired) electrons. The summed E-state index contributed by atoms with van der Waals surface area (Å²) in [5.74, 6) is -2.79. The Bertz CT molecular complexity index is 1860. The van der Waals surface area contributed by atoms with Gasteiger partial charge in [-0.2, -0.15) is 0 Å². The minimum Gasteiger partial charge on any atom is -0.494 e. The smallest absolute Gasteiger partial charge is 0.412 e. The van der Waals surface area contributed by atoms with E-state index in [1.165, 1.54) is 10.6 Å². The number of anilines is 1. The van der Waals surface area contributed by atoms with Gasteiger partial charge in [-0.25, -0.2) is 4.79 Å². The number of aromatic nitrogens is 1. The van der Waals surface area contributed by atoms with E-state index in [2.05, 4.69) is 21.3 Å². The third kappa shape index (κ3) is 12.6. The van der Waals surface area contributed by atoms with Gasteiger partial charge in [0.2, 0.25) is 29.5 Å².